The number of rotatable bonds is 3. The minimum Gasteiger partial charge on any atom is -0.504 e. The molecule has 1 atom stereocenters. The fraction of sp³-hybridized carbons (Fsp3) is 0.118. The number of amides is 1. The molecule has 2 aromatic rings. The van der Waals surface area contributed by atoms with Crippen LogP contribution in [0.2, 0.25) is 0 Å². The molecule has 0 aromatic heterocycles. The molecule has 0 saturated carbocycles. The van der Waals surface area contributed by atoms with Crippen molar-refractivity contribution in [2.75, 3.05) is 0 Å². The second kappa shape index (κ2) is 5.88. The number of carbonyl (C=O) groups excluding carboxylic acids is 1. The zero-order valence-electron chi connectivity index (χ0n) is 12.4. The van der Waals surface area contributed by atoms with Crippen LogP contribution in [0.15, 0.2) is 48.5 Å². The number of hydrogen-bond acceptors (Lipinski definition) is 6. The molecular formula is C17H15NO6. The first kappa shape index (κ1) is 15.9. The second-order valence-corrected chi connectivity index (χ2v) is 5.45. The Bertz CT molecular complexity index is 817. The van der Waals surface area contributed by atoms with E-state index >= 15 is 0 Å². The molecule has 7 heteroatoms. The molecular weight excluding hydrogens is 314 g/mol. The molecule has 3 rings (SSSR count). The van der Waals surface area contributed by atoms with E-state index in [1.54, 1.807) is 24.3 Å². The number of hydrogen-bond donors (Lipinski definition) is 5. The molecule has 24 heavy (non-hydrogen) atoms. The standard InChI is InChI=1S/C17H15NO6/c19-12-6-11-14(7-13(12)20)24-15(10-4-2-1-3-5-10)8-17(11,22)9-16(21)18-23/h1-8,19-20,22-23H,9H2,(H,18,21). The Labute approximate surface area is 137 Å². The number of hydroxylamine groups is 1. The highest BCUT2D eigenvalue weighted by Gasteiger charge is 2.38. The monoisotopic (exact) mass is 329 g/mol. The SMILES string of the molecule is O=C(CC1(O)C=C(c2ccccc2)Oc2cc(O)c(O)cc21)NO. The Kier molecular flexibility index (Phi) is 3.88. The van der Waals surface area contributed by atoms with Gasteiger partial charge in [0, 0.05) is 17.2 Å². The van der Waals surface area contributed by atoms with Crippen molar-refractivity contribution in [2.24, 2.45) is 0 Å². The molecule has 0 bridgehead atoms. The summed E-state index contributed by atoms with van der Waals surface area (Å²) in [5.74, 6) is -1.32. The fourth-order valence-corrected chi connectivity index (χ4v) is 2.60. The molecule has 7 nitrogen and oxygen atoms in total. The maximum atomic E-state index is 11.6. The predicted octanol–water partition coefficient (Wildman–Crippen LogP) is 1.61. The lowest BCUT2D eigenvalue weighted by Crippen LogP contribution is -2.34. The van der Waals surface area contributed by atoms with Crippen LogP contribution in [0.4, 0.5) is 0 Å². The van der Waals surface area contributed by atoms with Gasteiger partial charge in [-0.1, -0.05) is 30.3 Å². The number of fused-ring (bicyclic) bond motifs is 1. The zero-order chi connectivity index (χ0) is 17.3. The van der Waals surface area contributed by atoms with Crippen molar-refractivity contribution in [3.05, 3.63) is 59.7 Å². The molecule has 0 spiro atoms. The summed E-state index contributed by atoms with van der Waals surface area (Å²) in [5.41, 5.74) is 0.381. The van der Waals surface area contributed by atoms with E-state index < -0.39 is 29.4 Å². The van der Waals surface area contributed by atoms with E-state index in [9.17, 15) is 20.1 Å². The number of benzene rings is 2. The van der Waals surface area contributed by atoms with E-state index in [1.807, 2.05) is 6.07 Å². The molecule has 0 fully saturated rings. The van der Waals surface area contributed by atoms with Gasteiger partial charge in [-0.25, -0.2) is 5.48 Å². The van der Waals surface area contributed by atoms with Crippen LogP contribution in [0.25, 0.3) is 5.76 Å². The fourth-order valence-electron chi connectivity index (χ4n) is 2.60. The first-order valence-electron chi connectivity index (χ1n) is 7.11. The van der Waals surface area contributed by atoms with Crippen LogP contribution < -0.4 is 10.2 Å². The smallest absolute Gasteiger partial charge is 0.246 e. The van der Waals surface area contributed by atoms with E-state index in [0.717, 1.165) is 12.1 Å². The zero-order valence-corrected chi connectivity index (χ0v) is 12.4. The first-order valence-corrected chi connectivity index (χ1v) is 7.11. The van der Waals surface area contributed by atoms with Crippen molar-refractivity contribution >= 4 is 11.7 Å². The number of phenolic OH excluding ortho intramolecular Hbond substituents is 2. The van der Waals surface area contributed by atoms with Crippen LogP contribution in [0, 0.1) is 0 Å². The van der Waals surface area contributed by atoms with Gasteiger partial charge in [0.05, 0.1) is 6.42 Å². The lowest BCUT2D eigenvalue weighted by molar-refractivity contribution is -0.133. The van der Waals surface area contributed by atoms with E-state index in [2.05, 4.69) is 0 Å². The predicted molar refractivity (Wildman–Crippen MR) is 83.3 cm³/mol. The van der Waals surface area contributed by atoms with Gasteiger partial charge in [0.15, 0.2) is 11.5 Å². The summed E-state index contributed by atoms with van der Waals surface area (Å²) in [6.45, 7) is 0. The largest absolute Gasteiger partial charge is 0.504 e. The third-order valence-electron chi connectivity index (χ3n) is 3.75. The topological polar surface area (TPSA) is 119 Å². The Morgan fingerprint density at radius 3 is 2.46 bits per heavy atom. The average molecular weight is 329 g/mol. The van der Waals surface area contributed by atoms with Crippen molar-refractivity contribution in [3.8, 4) is 17.2 Å². The van der Waals surface area contributed by atoms with E-state index in [1.165, 1.54) is 11.6 Å². The highest BCUT2D eigenvalue weighted by molar-refractivity contribution is 5.79. The number of phenols is 2. The summed E-state index contributed by atoms with van der Waals surface area (Å²) in [4.78, 5) is 11.6. The van der Waals surface area contributed by atoms with Crippen molar-refractivity contribution in [2.45, 2.75) is 12.0 Å². The molecule has 0 saturated heterocycles. The average Bonchev–Trinajstić information content (AvgIpc) is 2.57. The molecule has 124 valence electrons. The van der Waals surface area contributed by atoms with Gasteiger partial charge in [-0.15, -0.1) is 0 Å². The number of aromatic hydroxyl groups is 2. The minimum atomic E-state index is -1.84. The highest BCUT2D eigenvalue weighted by Crippen LogP contribution is 2.46. The molecule has 1 aliphatic heterocycles. The highest BCUT2D eigenvalue weighted by atomic mass is 16.5. The van der Waals surface area contributed by atoms with Crippen molar-refractivity contribution < 1.29 is 30.1 Å². The van der Waals surface area contributed by atoms with Crippen molar-refractivity contribution in [1.82, 2.24) is 5.48 Å². The number of aliphatic hydroxyl groups is 1. The van der Waals surface area contributed by atoms with Crippen molar-refractivity contribution in [3.63, 3.8) is 0 Å². The van der Waals surface area contributed by atoms with Gasteiger partial charge in [-0.05, 0) is 12.1 Å². The van der Waals surface area contributed by atoms with Crippen LogP contribution >= 0.6 is 0 Å². The molecule has 1 aliphatic rings. The molecule has 1 heterocycles. The Morgan fingerprint density at radius 1 is 1.12 bits per heavy atom. The molecule has 0 aliphatic carbocycles. The quantitative estimate of drug-likeness (QED) is 0.332. The number of carbonyl (C=O) groups is 1. The Hall–Kier alpha value is -3.03. The van der Waals surface area contributed by atoms with E-state index in [0.29, 0.717) is 5.56 Å². The molecule has 5 N–H and O–H groups in total. The third kappa shape index (κ3) is 2.78. The third-order valence-corrected chi connectivity index (χ3v) is 3.75. The van der Waals surface area contributed by atoms with Gasteiger partial charge in [0.25, 0.3) is 0 Å². The summed E-state index contributed by atoms with van der Waals surface area (Å²) >= 11 is 0. The van der Waals surface area contributed by atoms with Crippen molar-refractivity contribution in [1.29, 1.82) is 0 Å². The maximum Gasteiger partial charge on any atom is 0.246 e. The lowest BCUT2D eigenvalue weighted by Gasteiger charge is -2.32. The summed E-state index contributed by atoms with van der Waals surface area (Å²) in [6.07, 6.45) is 0.830. The minimum absolute atomic E-state index is 0.0971. The molecule has 0 radical (unpaired) electrons. The summed E-state index contributed by atoms with van der Waals surface area (Å²) in [6, 6.07) is 11.2. The summed E-state index contributed by atoms with van der Waals surface area (Å²) in [7, 11) is 0. The second-order valence-electron chi connectivity index (χ2n) is 5.45. The van der Waals surface area contributed by atoms with Crippen LogP contribution in [0.3, 0.4) is 0 Å². The van der Waals surface area contributed by atoms with Gasteiger partial charge in [0.1, 0.15) is 17.1 Å². The summed E-state index contributed by atoms with van der Waals surface area (Å²) in [5, 5.41) is 39.1. The van der Waals surface area contributed by atoms with Gasteiger partial charge >= 0.3 is 0 Å². The normalized spacial score (nSPS) is 19.0. The van der Waals surface area contributed by atoms with Crippen LogP contribution in [0.1, 0.15) is 17.5 Å². The van der Waals surface area contributed by atoms with Gasteiger partial charge in [-0.2, -0.15) is 0 Å². The molecule has 1 amide bonds. The summed E-state index contributed by atoms with van der Waals surface area (Å²) < 4.78 is 5.70. The van der Waals surface area contributed by atoms with E-state index in [4.69, 9.17) is 9.94 Å². The Balaban J connectivity index is 2.14. The Morgan fingerprint density at radius 2 is 1.79 bits per heavy atom. The lowest BCUT2D eigenvalue weighted by atomic mass is 9.86. The van der Waals surface area contributed by atoms with Crippen LogP contribution in [-0.2, 0) is 10.4 Å². The van der Waals surface area contributed by atoms with Crippen LogP contribution in [-0.4, -0.2) is 26.4 Å². The molecule has 2 aromatic carbocycles. The van der Waals surface area contributed by atoms with Gasteiger partial charge in [0.2, 0.25) is 5.91 Å². The first-order chi connectivity index (χ1) is 11.4. The van der Waals surface area contributed by atoms with Crippen LogP contribution in [0.5, 0.6) is 17.2 Å². The van der Waals surface area contributed by atoms with Gasteiger partial charge < -0.3 is 20.1 Å². The van der Waals surface area contributed by atoms with E-state index in [-0.39, 0.29) is 17.1 Å². The maximum absolute atomic E-state index is 11.6. The number of ether oxygens (including phenoxy) is 1. The van der Waals surface area contributed by atoms with Gasteiger partial charge in [-0.3, -0.25) is 10.0 Å². The number of nitrogens with one attached hydrogen (secondary N) is 1. The molecule has 1 unspecified atom stereocenters.